The molecule has 0 amide bonds. The van der Waals surface area contributed by atoms with E-state index in [2.05, 4.69) is 0 Å². The Hall–Kier alpha value is -1.57. The fourth-order valence-corrected chi connectivity index (χ4v) is 3.72. The van der Waals surface area contributed by atoms with Crippen molar-refractivity contribution in [1.82, 2.24) is 0 Å². The first-order valence-corrected chi connectivity index (χ1v) is 7.78. The van der Waals surface area contributed by atoms with E-state index in [0.29, 0.717) is 17.2 Å². The van der Waals surface area contributed by atoms with Crippen LogP contribution >= 0.6 is 7.37 Å². The molecule has 0 aromatic heterocycles. The number of hydrogen-bond acceptors (Lipinski definition) is 3. The van der Waals surface area contributed by atoms with Gasteiger partial charge in [-0.05, 0) is 43.3 Å². The monoisotopic (exact) mass is 276 g/mol. The van der Waals surface area contributed by atoms with Crippen LogP contribution in [0.15, 0.2) is 54.6 Å². The van der Waals surface area contributed by atoms with Gasteiger partial charge in [-0.25, -0.2) is 0 Å². The molecule has 0 saturated carbocycles. The van der Waals surface area contributed by atoms with E-state index in [1.54, 1.807) is 12.1 Å². The Balaban J connectivity index is 2.39. The van der Waals surface area contributed by atoms with Crippen LogP contribution in [-0.4, -0.2) is 13.7 Å². The molecule has 0 saturated heterocycles. The standard InChI is InChI=1S/C15H17O3P/c1-3-18-13-9-11-15(12-10-13)19(16,17-2)14-7-5-4-6-8-14/h4-12H,3H2,1-2H3. The molecule has 0 aliphatic carbocycles. The SMILES string of the molecule is CCOc1ccc(P(=O)(OC)c2ccccc2)cc1. The van der Waals surface area contributed by atoms with Gasteiger partial charge in [-0.3, -0.25) is 4.57 Å². The quantitative estimate of drug-likeness (QED) is 0.788. The molecule has 3 nitrogen and oxygen atoms in total. The summed E-state index contributed by atoms with van der Waals surface area (Å²) >= 11 is 0. The zero-order valence-corrected chi connectivity index (χ0v) is 12.0. The molecule has 0 fully saturated rings. The van der Waals surface area contributed by atoms with Crippen molar-refractivity contribution < 1.29 is 13.8 Å². The molecule has 19 heavy (non-hydrogen) atoms. The first kappa shape index (κ1) is 13.9. The van der Waals surface area contributed by atoms with E-state index in [0.717, 1.165) is 5.75 Å². The predicted octanol–water partition coefficient (Wildman–Crippen LogP) is 2.96. The van der Waals surface area contributed by atoms with Gasteiger partial charge in [0.25, 0.3) is 7.37 Å². The lowest BCUT2D eigenvalue weighted by Gasteiger charge is -2.17. The second-order valence-electron chi connectivity index (χ2n) is 4.00. The highest BCUT2D eigenvalue weighted by atomic mass is 31.2. The molecule has 0 heterocycles. The highest BCUT2D eigenvalue weighted by molar-refractivity contribution is 7.74. The maximum atomic E-state index is 13.0. The molecule has 1 atom stereocenters. The lowest BCUT2D eigenvalue weighted by Crippen LogP contribution is -2.16. The molecule has 0 aliphatic heterocycles. The zero-order chi connectivity index (χ0) is 13.7. The van der Waals surface area contributed by atoms with Crippen LogP contribution in [0.1, 0.15) is 6.92 Å². The summed E-state index contributed by atoms with van der Waals surface area (Å²) in [5.41, 5.74) is 0. The van der Waals surface area contributed by atoms with Crippen LogP contribution in [0.5, 0.6) is 5.75 Å². The lowest BCUT2D eigenvalue weighted by atomic mass is 10.3. The molecule has 2 aromatic carbocycles. The maximum absolute atomic E-state index is 13.0. The third-order valence-corrected chi connectivity index (χ3v) is 5.31. The van der Waals surface area contributed by atoms with E-state index in [1.165, 1.54) is 7.11 Å². The highest BCUT2D eigenvalue weighted by Crippen LogP contribution is 2.43. The lowest BCUT2D eigenvalue weighted by molar-refractivity contribution is 0.340. The number of rotatable bonds is 5. The van der Waals surface area contributed by atoms with Gasteiger partial charge in [-0.15, -0.1) is 0 Å². The van der Waals surface area contributed by atoms with E-state index in [1.807, 2.05) is 49.4 Å². The van der Waals surface area contributed by atoms with E-state index in [4.69, 9.17) is 9.26 Å². The van der Waals surface area contributed by atoms with Crippen LogP contribution < -0.4 is 15.3 Å². The van der Waals surface area contributed by atoms with Crippen LogP contribution in [0.2, 0.25) is 0 Å². The predicted molar refractivity (Wildman–Crippen MR) is 77.9 cm³/mol. The molecule has 0 aliphatic rings. The smallest absolute Gasteiger partial charge is 0.261 e. The summed E-state index contributed by atoms with van der Waals surface area (Å²) < 4.78 is 23.7. The van der Waals surface area contributed by atoms with Crippen molar-refractivity contribution in [2.75, 3.05) is 13.7 Å². The van der Waals surface area contributed by atoms with E-state index in [-0.39, 0.29) is 0 Å². The molecule has 0 spiro atoms. The molecule has 4 heteroatoms. The first-order chi connectivity index (χ1) is 9.20. The molecular weight excluding hydrogens is 259 g/mol. The summed E-state index contributed by atoms with van der Waals surface area (Å²) in [5.74, 6) is 0.766. The zero-order valence-electron chi connectivity index (χ0n) is 11.1. The van der Waals surface area contributed by atoms with Gasteiger partial charge < -0.3 is 9.26 Å². The van der Waals surface area contributed by atoms with E-state index in [9.17, 15) is 4.57 Å². The summed E-state index contributed by atoms with van der Waals surface area (Å²) in [7, 11) is -1.52. The average molecular weight is 276 g/mol. The number of ether oxygens (including phenoxy) is 1. The molecular formula is C15H17O3P. The minimum absolute atomic E-state index is 0.611. The van der Waals surface area contributed by atoms with Gasteiger partial charge in [0, 0.05) is 17.7 Å². The average Bonchev–Trinajstić information content (AvgIpc) is 2.48. The Morgan fingerprint density at radius 1 is 0.947 bits per heavy atom. The Labute approximate surface area is 113 Å². The Kier molecular flexibility index (Phi) is 4.41. The van der Waals surface area contributed by atoms with Crippen molar-refractivity contribution >= 4 is 18.0 Å². The van der Waals surface area contributed by atoms with Crippen molar-refractivity contribution in [3.63, 3.8) is 0 Å². The van der Waals surface area contributed by atoms with E-state index >= 15 is 0 Å². The molecule has 2 rings (SSSR count). The van der Waals surface area contributed by atoms with Gasteiger partial charge in [0.05, 0.1) is 6.61 Å². The van der Waals surface area contributed by atoms with E-state index < -0.39 is 7.37 Å². The van der Waals surface area contributed by atoms with Gasteiger partial charge in [0.2, 0.25) is 0 Å². The maximum Gasteiger partial charge on any atom is 0.261 e. The van der Waals surface area contributed by atoms with Crippen molar-refractivity contribution in [2.45, 2.75) is 6.92 Å². The fraction of sp³-hybridized carbons (Fsp3) is 0.200. The van der Waals surface area contributed by atoms with Crippen LogP contribution in [0.25, 0.3) is 0 Å². The Bertz CT molecular complexity index is 564. The van der Waals surface area contributed by atoms with Crippen molar-refractivity contribution in [3.8, 4) is 5.75 Å². The minimum Gasteiger partial charge on any atom is -0.494 e. The largest absolute Gasteiger partial charge is 0.494 e. The van der Waals surface area contributed by atoms with Crippen molar-refractivity contribution in [2.24, 2.45) is 0 Å². The normalized spacial score (nSPS) is 13.8. The van der Waals surface area contributed by atoms with Crippen molar-refractivity contribution in [3.05, 3.63) is 54.6 Å². The second-order valence-corrected chi connectivity index (χ2v) is 6.50. The highest BCUT2D eigenvalue weighted by Gasteiger charge is 2.26. The molecule has 2 aromatic rings. The first-order valence-electron chi connectivity index (χ1n) is 6.15. The number of benzene rings is 2. The Morgan fingerprint density at radius 3 is 2.05 bits per heavy atom. The number of hydrogen-bond donors (Lipinski definition) is 0. The van der Waals surface area contributed by atoms with Gasteiger partial charge in [0.1, 0.15) is 5.75 Å². The molecule has 1 unspecified atom stereocenters. The third-order valence-electron chi connectivity index (χ3n) is 2.84. The van der Waals surface area contributed by atoms with Gasteiger partial charge in [-0.1, -0.05) is 18.2 Å². The molecule has 0 bridgehead atoms. The molecule has 0 N–H and O–H groups in total. The summed E-state index contributed by atoms with van der Waals surface area (Å²) in [6.45, 7) is 2.54. The van der Waals surface area contributed by atoms with Gasteiger partial charge in [-0.2, -0.15) is 0 Å². The Morgan fingerprint density at radius 2 is 1.53 bits per heavy atom. The summed E-state index contributed by atoms with van der Waals surface area (Å²) in [4.78, 5) is 0. The summed E-state index contributed by atoms with van der Waals surface area (Å²) in [6.07, 6.45) is 0. The fourth-order valence-electron chi connectivity index (χ4n) is 1.89. The molecule has 0 radical (unpaired) electrons. The van der Waals surface area contributed by atoms with Crippen molar-refractivity contribution in [1.29, 1.82) is 0 Å². The van der Waals surface area contributed by atoms with Crippen LogP contribution in [-0.2, 0) is 9.09 Å². The second kappa shape index (κ2) is 6.05. The minimum atomic E-state index is -3.00. The third kappa shape index (κ3) is 2.89. The van der Waals surface area contributed by atoms with Crippen LogP contribution in [0.3, 0.4) is 0 Å². The summed E-state index contributed by atoms with van der Waals surface area (Å²) in [5, 5.41) is 1.37. The van der Waals surface area contributed by atoms with Gasteiger partial charge in [0.15, 0.2) is 0 Å². The summed E-state index contributed by atoms with van der Waals surface area (Å²) in [6, 6.07) is 16.5. The van der Waals surface area contributed by atoms with Gasteiger partial charge >= 0.3 is 0 Å². The van der Waals surface area contributed by atoms with Crippen LogP contribution in [0, 0.1) is 0 Å². The molecule has 100 valence electrons. The van der Waals surface area contributed by atoms with Crippen LogP contribution in [0.4, 0.5) is 0 Å². The topological polar surface area (TPSA) is 35.5 Å².